The summed E-state index contributed by atoms with van der Waals surface area (Å²) in [4.78, 5) is 6.17. The number of halogens is 5. The van der Waals surface area contributed by atoms with E-state index < -0.39 is 28.5 Å². The summed E-state index contributed by atoms with van der Waals surface area (Å²) in [6.07, 6.45) is -4.61. The first-order valence-electron chi connectivity index (χ1n) is 9.07. The van der Waals surface area contributed by atoms with Crippen molar-refractivity contribution in [3.05, 3.63) is 58.4 Å². The number of benzene rings is 2. The molecule has 3 rings (SSSR count). The Morgan fingerprint density at radius 1 is 1.23 bits per heavy atom. The summed E-state index contributed by atoms with van der Waals surface area (Å²) in [6, 6.07) is 9.06. The van der Waals surface area contributed by atoms with Crippen LogP contribution in [0, 0.1) is 12.7 Å². The highest BCUT2D eigenvalue weighted by Gasteiger charge is 2.32. The lowest BCUT2D eigenvalue weighted by Crippen LogP contribution is -2.41. The molecule has 4 nitrogen and oxygen atoms in total. The number of rotatable bonds is 4. The van der Waals surface area contributed by atoms with Crippen molar-refractivity contribution in [2.24, 2.45) is 4.99 Å². The average molecular weight is 463 g/mol. The van der Waals surface area contributed by atoms with Gasteiger partial charge in [0.2, 0.25) is 0 Å². The van der Waals surface area contributed by atoms with Gasteiger partial charge in [-0.1, -0.05) is 23.7 Å². The molecule has 2 aromatic carbocycles. The first-order valence-corrected chi connectivity index (χ1v) is 10.8. The molecule has 1 fully saturated rings. The molecule has 1 saturated heterocycles. The third-order valence-corrected chi connectivity index (χ3v) is 6.29. The van der Waals surface area contributed by atoms with E-state index in [0.29, 0.717) is 42.7 Å². The lowest BCUT2D eigenvalue weighted by molar-refractivity contribution is -0.105. The maximum Gasteiger partial charge on any atom is 0.400 e. The average Bonchev–Trinajstić information content (AvgIpc) is 2.67. The number of hydrogen-bond acceptors (Lipinski definition) is 3. The van der Waals surface area contributed by atoms with Crippen LogP contribution in [0.15, 0.2) is 46.3 Å². The minimum absolute atomic E-state index is 0.104. The minimum atomic E-state index is -4.61. The van der Waals surface area contributed by atoms with Gasteiger partial charge in [0.15, 0.2) is 0 Å². The van der Waals surface area contributed by atoms with Gasteiger partial charge in [-0.3, -0.25) is 4.21 Å². The van der Waals surface area contributed by atoms with Crippen LogP contribution in [0.1, 0.15) is 11.1 Å². The van der Waals surface area contributed by atoms with Crippen molar-refractivity contribution >= 4 is 33.9 Å². The van der Waals surface area contributed by atoms with E-state index in [1.165, 1.54) is 6.92 Å². The van der Waals surface area contributed by atoms with Crippen molar-refractivity contribution in [3.63, 3.8) is 0 Å². The maximum absolute atomic E-state index is 14.7. The van der Waals surface area contributed by atoms with Crippen molar-refractivity contribution in [3.8, 4) is 0 Å². The fraction of sp³-hybridized carbons (Fsp3) is 0.350. The van der Waals surface area contributed by atoms with Crippen molar-refractivity contribution in [2.45, 2.75) is 18.0 Å². The van der Waals surface area contributed by atoms with Crippen LogP contribution < -0.4 is 0 Å². The summed E-state index contributed by atoms with van der Waals surface area (Å²) >= 11 is 6.32. The maximum atomic E-state index is 14.7. The molecule has 1 aliphatic rings. The summed E-state index contributed by atoms with van der Waals surface area (Å²) in [7, 11) is -2.37. The molecular formula is C20H19ClF4N2O2S. The predicted molar refractivity (Wildman–Crippen MR) is 109 cm³/mol. The molecule has 0 amide bonds. The highest BCUT2D eigenvalue weighted by molar-refractivity contribution is 7.85. The number of morpholine rings is 1. The van der Waals surface area contributed by atoms with Crippen LogP contribution in [0.4, 0.5) is 23.2 Å². The second-order valence-electron chi connectivity index (χ2n) is 6.69. The van der Waals surface area contributed by atoms with Gasteiger partial charge in [0, 0.05) is 23.5 Å². The van der Waals surface area contributed by atoms with E-state index in [4.69, 9.17) is 16.3 Å². The van der Waals surface area contributed by atoms with E-state index in [-0.39, 0.29) is 16.1 Å². The summed E-state index contributed by atoms with van der Waals surface area (Å²) in [5.41, 5.74) is 0.520. The standard InChI is InChI=1S/C20H19ClF4N2O2S/c1-13-10-16(22)17(11-18(13)30(28)12-20(23,24)25)26-19(27-6-8-29-9-7-27)14-4-2-3-5-15(14)21/h2-5,10-11H,6-9,12H2,1H3. The molecule has 162 valence electrons. The molecule has 0 radical (unpaired) electrons. The summed E-state index contributed by atoms with van der Waals surface area (Å²) in [5.74, 6) is -1.86. The van der Waals surface area contributed by atoms with Gasteiger partial charge in [-0.25, -0.2) is 9.38 Å². The summed E-state index contributed by atoms with van der Waals surface area (Å²) < 4.78 is 70.3. The Kier molecular flexibility index (Phi) is 7.15. The Labute approximate surface area is 179 Å². The normalized spacial score (nSPS) is 16.6. The smallest absolute Gasteiger partial charge is 0.378 e. The number of hydrogen-bond donors (Lipinski definition) is 0. The Hall–Kier alpha value is -1.97. The first-order chi connectivity index (χ1) is 14.2. The quantitative estimate of drug-likeness (QED) is 0.370. The van der Waals surface area contributed by atoms with Crippen LogP contribution in [0.2, 0.25) is 5.02 Å². The molecule has 10 heteroatoms. The topological polar surface area (TPSA) is 41.9 Å². The zero-order valence-electron chi connectivity index (χ0n) is 16.0. The molecule has 0 N–H and O–H groups in total. The van der Waals surface area contributed by atoms with Crippen molar-refractivity contribution in [1.29, 1.82) is 0 Å². The predicted octanol–water partition coefficient (Wildman–Crippen LogP) is 4.87. The molecule has 0 aliphatic carbocycles. The third kappa shape index (κ3) is 5.59. The van der Waals surface area contributed by atoms with Crippen LogP contribution in [0.25, 0.3) is 0 Å². The van der Waals surface area contributed by atoms with E-state index >= 15 is 0 Å². The van der Waals surface area contributed by atoms with E-state index in [2.05, 4.69) is 4.99 Å². The number of alkyl halides is 3. The Balaban J connectivity index is 2.09. The van der Waals surface area contributed by atoms with Crippen molar-refractivity contribution in [2.75, 3.05) is 32.1 Å². The van der Waals surface area contributed by atoms with Gasteiger partial charge in [-0.2, -0.15) is 13.2 Å². The molecule has 1 heterocycles. The largest absolute Gasteiger partial charge is 0.400 e. The van der Waals surface area contributed by atoms with Crippen LogP contribution in [0.3, 0.4) is 0 Å². The Morgan fingerprint density at radius 2 is 1.90 bits per heavy atom. The van der Waals surface area contributed by atoms with Gasteiger partial charge in [0.25, 0.3) is 0 Å². The van der Waals surface area contributed by atoms with Gasteiger partial charge in [-0.15, -0.1) is 0 Å². The van der Waals surface area contributed by atoms with Crippen LogP contribution in [-0.4, -0.2) is 53.2 Å². The second-order valence-corrected chi connectivity index (χ2v) is 8.52. The highest BCUT2D eigenvalue weighted by Crippen LogP contribution is 2.29. The van der Waals surface area contributed by atoms with Crippen molar-refractivity contribution in [1.82, 2.24) is 4.90 Å². The number of amidine groups is 1. The zero-order chi connectivity index (χ0) is 21.9. The number of ether oxygens (including phenoxy) is 1. The number of nitrogens with zero attached hydrogens (tertiary/aromatic N) is 2. The molecular weight excluding hydrogens is 444 g/mol. The molecule has 0 aromatic heterocycles. The first kappa shape index (κ1) is 22.7. The van der Waals surface area contributed by atoms with Gasteiger partial charge in [0.05, 0.1) is 29.0 Å². The summed E-state index contributed by atoms with van der Waals surface area (Å²) in [6.45, 7) is 3.29. The monoisotopic (exact) mass is 462 g/mol. The molecule has 30 heavy (non-hydrogen) atoms. The zero-order valence-corrected chi connectivity index (χ0v) is 17.6. The number of aliphatic imine (C=N–C) groups is 1. The second kappa shape index (κ2) is 9.45. The van der Waals surface area contributed by atoms with Crippen LogP contribution in [-0.2, 0) is 15.5 Å². The van der Waals surface area contributed by atoms with Gasteiger partial charge in [0.1, 0.15) is 23.1 Å². The molecule has 1 unspecified atom stereocenters. The van der Waals surface area contributed by atoms with Gasteiger partial charge >= 0.3 is 6.18 Å². The minimum Gasteiger partial charge on any atom is -0.378 e. The SMILES string of the molecule is Cc1cc(F)c(N=C(c2ccccc2Cl)N2CCOCC2)cc1S(=O)CC(F)(F)F. The molecule has 0 spiro atoms. The lowest BCUT2D eigenvalue weighted by atomic mass is 10.1. The van der Waals surface area contributed by atoms with Crippen LogP contribution >= 0.6 is 11.6 Å². The highest BCUT2D eigenvalue weighted by atomic mass is 35.5. The van der Waals surface area contributed by atoms with Crippen LogP contribution in [0.5, 0.6) is 0 Å². The van der Waals surface area contributed by atoms with Crippen molar-refractivity contribution < 1.29 is 26.5 Å². The van der Waals surface area contributed by atoms with E-state index in [1.54, 1.807) is 24.3 Å². The fourth-order valence-electron chi connectivity index (χ4n) is 3.03. The van der Waals surface area contributed by atoms with Gasteiger partial charge in [-0.05, 0) is 36.8 Å². The fourth-order valence-corrected chi connectivity index (χ4v) is 4.37. The molecule has 0 bridgehead atoms. The summed E-state index contributed by atoms with van der Waals surface area (Å²) in [5, 5.41) is 0.399. The van der Waals surface area contributed by atoms with E-state index in [9.17, 15) is 21.8 Å². The number of aryl methyl sites for hydroxylation is 1. The molecule has 2 aromatic rings. The molecule has 1 atom stereocenters. The lowest BCUT2D eigenvalue weighted by Gasteiger charge is -2.30. The van der Waals surface area contributed by atoms with E-state index in [0.717, 1.165) is 12.1 Å². The van der Waals surface area contributed by atoms with Gasteiger partial charge < -0.3 is 9.64 Å². The molecule has 1 aliphatic heterocycles. The Morgan fingerprint density at radius 3 is 2.53 bits per heavy atom. The Bertz CT molecular complexity index is 976. The molecule has 0 saturated carbocycles. The van der Waals surface area contributed by atoms with E-state index in [1.807, 2.05) is 4.90 Å². The third-order valence-electron chi connectivity index (χ3n) is 4.44.